The van der Waals surface area contributed by atoms with Crippen molar-refractivity contribution < 1.29 is 18.7 Å². The molecule has 0 N–H and O–H groups in total. The fourth-order valence-electron chi connectivity index (χ4n) is 2.31. The summed E-state index contributed by atoms with van der Waals surface area (Å²) in [7, 11) is 0. The molecule has 0 bridgehead atoms. The standard InChI is InChI=1S/C15H20FNO3/c1-2-3-13-10-19-9-8-17(13)15(18)11-20-14-6-4-12(16)5-7-14/h4-7,13H,2-3,8-11H2,1H3. The highest BCUT2D eigenvalue weighted by molar-refractivity contribution is 5.78. The fourth-order valence-corrected chi connectivity index (χ4v) is 2.31. The summed E-state index contributed by atoms with van der Waals surface area (Å²) < 4.78 is 23.6. The summed E-state index contributed by atoms with van der Waals surface area (Å²) >= 11 is 0. The number of carbonyl (C=O) groups excluding carboxylic acids is 1. The average molecular weight is 281 g/mol. The largest absolute Gasteiger partial charge is 0.484 e. The second-order valence-electron chi connectivity index (χ2n) is 4.85. The second kappa shape index (κ2) is 7.24. The maximum absolute atomic E-state index is 12.8. The topological polar surface area (TPSA) is 38.8 Å². The van der Waals surface area contributed by atoms with Gasteiger partial charge in [0.1, 0.15) is 11.6 Å². The van der Waals surface area contributed by atoms with Crippen LogP contribution in [0.2, 0.25) is 0 Å². The summed E-state index contributed by atoms with van der Waals surface area (Å²) in [6.07, 6.45) is 1.94. The van der Waals surface area contributed by atoms with Gasteiger partial charge in [-0.25, -0.2) is 4.39 Å². The van der Waals surface area contributed by atoms with Crippen molar-refractivity contribution in [1.29, 1.82) is 0 Å². The Morgan fingerprint density at radius 3 is 2.90 bits per heavy atom. The van der Waals surface area contributed by atoms with Crippen molar-refractivity contribution in [2.24, 2.45) is 0 Å². The molecule has 1 aliphatic heterocycles. The first-order valence-corrected chi connectivity index (χ1v) is 6.96. The number of carbonyl (C=O) groups is 1. The van der Waals surface area contributed by atoms with Gasteiger partial charge in [-0.1, -0.05) is 13.3 Å². The molecule has 1 heterocycles. The van der Waals surface area contributed by atoms with E-state index in [1.165, 1.54) is 24.3 Å². The summed E-state index contributed by atoms with van der Waals surface area (Å²) in [5.74, 6) is 0.135. The van der Waals surface area contributed by atoms with Crippen molar-refractivity contribution in [3.05, 3.63) is 30.1 Å². The quantitative estimate of drug-likeness (QED) is 0.831. The van der Waals surface area contributed by atoms with E-state index in [2.05, 4.69) is 6.92 Å². The van der Waals surface area contributed by atoms with Crippen LogP contribution in [-0.4, -0.2) is 43.2 Å². The zero-order valence-electron chi connectivity index (χ0n) is 11.7. The maximum atomic E-state index is 12.8. The van der Waals surface area contributed by atoms with Crippen LogP contribution < -0.4 is 4.74 Å². The third-order valence-electron chi connectivity index (χ3n) is 3.35. The summed E-state index contributed by atoms with van der Waals surface area (Å²) in [4.78, 5) is 14.0. The molecule has 1 atom stereocenters. The summed E-state index contributed by atoms with van der Waals surface area (Å²) in [6, 6.07) is 5.80. The molecular formula is C15H20FNO3. The number of hydrogen-bond acceptors (Lipinski definition) is 3. The molecule has 1 aliphatic rings. The zero-order valence-corrected chi connectivity index (χ0v) is 11.7. The van der Waals surface area contributed by atoms with Gasteiger partial charge in [0.15, 0.2) is 6.61 Å². The summed E-state index contributed by atoms with van der Waals surface area (Å²) in [5, 5.41) is 0. The highest BCUT2D eigenvalue weighted by atomic mass is 19.1. The first kappa shape index (κ1) is 14.8. The third kappa shape index (κ3) is 3.93. The first-order valence-electron chi connectivity index (χ1n) is 6.96. The number of hydrogen-bond donors (Lipinski definition) is 0. The zero-order chi connectivity index (χ0) is 14.4. The molecule has 0 aromatic heterocycles. The lowest BCUT2D eigenvalue weighted by Crippen LogP contribution is -2.50. The van der Waals surface area contributed by atoms with E-state index >= 15 is 0 Å². The van der Waals surface area contributed by atoms with Crippen LogP contribution in [0.25, 0.3) is 0 Å². The number of halogens is 1. The van der Waals surface area contributed by atoms with Crippen molar-refractivity contribution in [1.82, 2.24) is 4.90 Å². The Labute approximate surface area is 118 Å². The Morgan fingerprint density at radius 1 is 1.45 bits per heavy atom. The molecule has 2 rings (SSSR count). The van der Waals surface area contributed by atoms with Crippen LogP contribution in [0.4, 0.5) is 4.39 Å². The van der Waals surface area contributed by atoms with Crippen LogP contribution >= 0.6 is 0 Å². The molecule has 0 aliphatic carbocycles. The molecule has 1 unspecified atom stereocenters. The van der Waals surface area contributed by atoms with Crippen LogP contribution in [0.3, 0.4) is 0 Å². The van der Waals surface area contributed by atoms with Crippen molar-refractivity contribution in [3.8, 4) is 5.75 Å². The minimum absolute atomic E-state index is 0.0220. The van der Waals surface area contributed by atoms with Gasteiger partial charge < -0.3 is 14.4 Å². The number of amides is 1. The highest BCUT2D eigenvalue weighted by Gasteiger charge is 2.26. The SMILES string of the molecule is CCCC1COCCN1C(=O)COc1ccc(F)cc1. The molecule has 0 spiro atoms. The average Bonchev–Trinajstić information content (AvgIpc) is 2.47. The Balaban J connectivity index is 1.88. The summed E-state index contributed by atoms with van der Waals surface area (Å²) in [6.45, 7) is 3.84. The molecule has 1 aromatic rings. The molecule has 4 nitrogen and oxygen atoms in total. The van der Waals surface area contributed by atoms with Gasteiger partial charge in [-0.3, -0.25) is 4.79 Å². The van der Waals surface area contributed by atoms with E-state index in [4.69, 9.17) is 9.47 Å². The van der Waals surface area contributed by atoms with Crippen molar-refractivity contribution >= 4 is 5.91 Å². The molecule has 20 heavy (non-hydrogen) atoms. The maximum Gasteiger partial charge on any atom is 0.260 e. The van der Waals surface area contributed by atoms with E-state index in [1.54, 1.807) is 0 Å². The van der Waals surface area contributed by atoms with E-state index < -0.39 is 0 Å². The van der Waals surface area contributed by atoms with Gasteiger partial charge in [-0.15, -0.1) is 0 Å². The molecule has 1 amide bonds. The number of rotatable bonds is 5. The molecule has 5 heteroatoms. The molecule has 0 radical (unpaired) electrons. The molecule has 0 saturated carbocycles. The lowest BCUT2D eigenvalue weighted by molar-refractivity contribution is -0.142. The molecule has 1 fully saturated rings. The van der Waals surface area contributed by atoms with E-state index in [0.29, 0.717) is 25.5 Å². The Kier molecular flexibility index (Phi) is 5.35. The first-order chi connectivity index (χ1) is 9.70. The predicted octanol–water partition coefficient (Wildman–Crippen LogP) is 2.23. The molecule has 1 aromatic carbocycles. The molecule has 110 valence electrons. The normalized spacial score (nSPS) is 18.9. The second-order valence-corrected chi connectivity index (χ2v) is 4.85. The minimum Gasteiger partial charge on any atom is -0.484 e. The van der Waals surface area contributed by atoms with Gasteiger partial charge in [-0.2, -0.15) is 0 Å². The Hall–Kier alpha value is -1.62. The lowest BCUT2D eigenvalue weighted by Gasteiger charge is -2.35. The number of morpholine rings is 1. The Morgan fingerprint density at radius 2 is 2.20 bits per heavy atom. The van der Waals surface area contributed by atoms with E-state index in [-0.39, 0.29) is 24.4 Å². The van der Waals surface area contributed by atoms with Crippen LogP contribution in [0, 0.1) is 5.82 Å². The fraction of sp³-hybridized carbons (Fsp3) is 0.533. The molecular weight excluding hydrogens is 261 g/mol. The predicted molar refractivity (Wildman–Crippen MR) is 73.1 cm³/mol. The monoisotopic (exact) mass is 281 g/mol. The van der Waals surface area contributed by atoms with Gasteiger partial charge in [0.2, 0.25) is 0 Å². The number of ether oxygens (including phenoxy) is 2. The van der Waals surface area contributed by atoms with Crippen LogP contribution in [0.1, 0.15) is 19.8 Å². The summed E-state index contributed by atoms with van der Waals surface area (Å²) in [5.41, 5.74) is 0. The van der Waals surface area contributed by atoms with E-state index in [0.717, 1.165) is 12.8 Å². The van der Waals surface area contributed by atoms with E-state index in [1.807, 2.05) is 4.90 Å². The highest BCUT2D eigenvalue weighted by Crippen LogP contribution is 2.14. The van der Waals surface area contributed by atoms with Gasteiger partial charge in [0.05, 0.1) is 19.3 Å². The lowest BCUT2D eigenvalue weighted by atomic mass is 10.1. The van der Waals surface area contributed by atoms with Crippen LogP contribution in [-0.2, 0) is 9.53 Å². The van der Waals surface area contributed by atoms with Crippen LogP contribution in [0.15, 0.2) is 24.3 Å². The van der Waals surface area contributed by atoms with Crippen molar-refractivity contribution in [2.45, 2.75) is 25.8 Å². The van der Waals surface area contributed by atoms with E-state index in [9.17, 15) is 9.18 Å². The van der Waals surface area contributed by atoms with Gasteiger partial charge >= 0.3 is 0 Å². The molecule has 1 saturated heterocycles. The Bertz CT molecular complexity index is 433. The van der Waals surface area contributed by atoms with Crippen LogP contribution in [0.5, 0.6) is 5.75 Å². The van der Waals surface area contributed by atoms with Crippen molar-refractivity contribution in [2.75, 3.05) is 26.4 Å². The van der Waals surface area contributed by atoms with Gasteiger partial charge in [0.25, 0.3) is 5.91 Å². The number of benzene rings is 1. The third-order valence-corrected chi connectivity index (χ3v) is 3.35. The number of nitrogens with zero attached hydrogens (tertiary/aromatic N) is 1. The smallest absolute Gasteiger partial charge is 0.260 e. The van der Waals surface area contributed by atoms with Gasteiger partial charge in [-0.05, 0) is 30.7 Å². The minimum atomic E-state index is -0.320. The van der Waals surface area contributed by atoms with Gasteiger partial charge in [0, 0.05) is 6.54 Å². The van der Waals surface area contributed by atoms with Crippen molar-refractivity contribution in [3.63, 3.8) is 0 Å².